The largest absolute Gasteiger partial charge is 0.374 e. The molecule has 1 aromatic heterocycles. The van der Waals surface area contributed by atoms with Crippen LogP contribution in [0.4, 0.5) is 0 Å². The first-order valence-corrected chi connectivity index (χ1v) is 6.76. The van der Waals surface area contributed by atoms with Gasteiger partial charge in [-0.15, -0.1) is 0 Å². The Balaban J connectivity index is 1.95. The van der Waals surface area contributed by atoms with Gasteiger partial charge < -0.3 is 10.5 Å². The normalized spacial score (nSPS) is 22.9. The number of halogens is 1. The molecule has 2 rings (SSSR count). The number of hydrogen-bond donors (Lipinski definition) is 1. The van der Waals surface area contributed by atoms with Gasteiger partial charge in [0, 0.05) is 31.5 Å². The molecule has 1 aliphatic heterocycles. The molecule has 1 aliphatic rings. The second-order valence-electron chi connectivity index (χ2n) is 4.64. The van der Waals surface area contributed by atoms with Crippen LogP contribution < -0.4 is 5.73 Å². The highest BCUT2D eigenvalue weighted by molar-refractivity contribution is 6.31. The molecule has 0 spiro atoms. The fourth-order valence-electron chi connectivity index (χ4n) is 2.23. The Morgan fingerprint density at radius 2 is 2.50 bits per heavy atom. The Morgan fingerprint density at radius 3 is 3.22 bits per heavy atom. The van der Waals surface area contributed by atoms with E-state index in [1.165, 1.54) is 0 Å². The van der Waals surface area contributed by atoms with Crippen molar-refractivity contribution in [3.8, 4) is 0 Å². The van der Waals surface area contributed by atoms with Gasteiger partial charge in [0.25, 0.3) is 0 Å². The smallest absolute Gasteiger partial charge is 0.0856 e. The highest BCUT2D eigenvalue weighted by Crippen LogP contribution is 2.17. The van der Waals surface area contributed by atoms with E-state index in [-0.39, 0.29) is 12.1 Å². The van der Waals surface area contributed by atoms with Crippen LogP contribution in [-0.2, 0) is 11.2 Å². The second-order valence-corrected chi connectivity index (χ2v) is 5.04. The molecule has 18 heavy (non-hydrogen) atoms. The van der Waals surface area contributed by atoms with Crippen LogP contribution in [0.1, 0.15) is 12.5 Å². The minimum absolute atomic E-state index is 0.0285. The van der Waals surface area contributed by atoms with Gasteiger partial charge in [0.05, 0.1) is 17.7 Å². The Kier molecular flexibility index (Phi) is 4.95. The van der Waals surface area contributed by atoms with Gasteiger partial charge in [-0.1, -0.05) is 18.5 Å². The maximum Gasteiger partial charge on any atom is 0.0856 e. The van der Waals surface area contributed by atoms with Gasteiger partial charge in [0.2, 0.25) is 0 Å². The summed E-state index contributed by atoms with van der Waals surface area (Å²) in [6.07, 6.45) is 4.21. The summed E-state index contributed by atoms with van der Waals surface area (Å²) in [7, 11) is 0. The molecule has 1 saturated heterocycles. The zero-order valence-corrected chi connectivity index (χ0v) is 11.4. The van der Waals surface area contributed by atoms with E-state index in [1.807, 2.05) is 6.07 Å². The Hall–Kier alpha value is -0.680. The van der Waals surface area contributed by atoms with E-state index in [0.29, 0.717) is 5.02 Å². The highest BCUT2D eigenvalue weighted by Gasteiger charge is 2.25. The fourth-order valence-corrected chi connectivity index (χ4v) is 2.43. The van der Waals surface area contributed by atoms with Crippen molar-refractivity contribution in [1.82, 2.24) is 9.88 Å². The lowest BCUT2D eigenvalue weighted by Gasteiger charge is -2.35. The van der Waals surface area contributed by atoms with Gasteiger partial charge in [-0.2, -0.15) is 0 Å². The molecule has 0 aromatic carbocycles. The molecule has 0 bridgehead atoms. The zero-order valence-electron chi connectivity index (χ0n) is 10.7. The fraction of sp³-hybridized carbons (Fsp3) is 0.615. The molecule has 0 saturated carbocycles. The van der Waals surface area contributed by atoms with E-state index in [1.54, 1.807) is 12.4 Å². The average molecular weight is 270 g/mol. The van der Waals surface area contributed by atoms with Crippen molar-refractivity contribution in [1.29, 1.82) is 0 Å². The van der Waals surface area contributed by atoms with E-state index in [2.05, 4.69) is 16.8 Å². The van der Waals surface area contributed by atoms with E-state index in [9.17, 15) is 0 Å². The monoisotopic (exact) mass is 269 g/mol. The van der Waals surface area contributed by atoms with Crippen molar-refractivity contribution >= 4 is 11.6 Å². The molecule has 0 aliphatic carbocycles. The molecule has 2 unspecified atom stereocenters. The Labute approximate surface area is 113 Å². The van der Waals surface area contributed by atoms with E-state index < -0.39 is 0 Å². The van der Waals surface area contributed by atoms with E-state index >= 15 is 0 Å². The number of nitrogens with zero attached hydrogens (tertiary/aromatic N) is 2. The minimum Gasteiger partial charge on any atom is -0.374 e. The van der Waals surface area contributed by atoms with Crippen molar-refractivity contribution in [2.24, 2.45) is 5.73 Å². The van der Waals surface area contributed by atoms with Crippen molar-refractivity contribution in [2.45, 2.75) is 25.5 Å². The number of ether oxygens (including phenoxy) is 1. The first-order chi connectivity index (χ1) is 8.70. The summed E-state index contributed by atoms with van der Waals surface area (Å²) in [6, 6.07) is 1.89. The van der Waals surface area contributed by atoms with Gasteiger partial charge in [0.15, 0.2) is 0 Å². The molecule has 1 aromatic rings. The maximum absolute atomic E-state index is 6.24. The number of aromatic nitrogens is 1. The van der Waals surface area contributed by atoms with Crippen LogP contribution in [0.15, 0.2) is 18.5 Å². The molecular weight excluding hydrogens is 250 g/mol. The number of hydrogen-bond acceptors (Lipinski definition) is 4. The Bertz CT molecular complexity index is 388. The summed E-state index contributed by atoms with van der Waals surface area (Å²) in [4.78, 5) is 6.34. The van der Waals surface area contributed by atoms with Crippen LogP contribution >= 0.6 is 11.6 Å². The van der Waals surface area contributed by atoms with Gasteiger partial charge in [0.1, 0.15) is 0 Å². The van der Waals surface area contributed by atoms with Crippen LogP contribution in [0.5, 0.6) is 0 Å². The zero-order chi connectivity index (χ0) is 13.0. The predicted molar refractivity (Wildman–Crippen MR) is 72.8 cm³/mol. The molecule has 0 radical (unpaired) electrons. The topological polar surface area (TPSA) is 51.4 Å². The number of rotatable bonds is 4. The SMILES string of the molecule is CCN1CCOC(C(N)Cc2ccncc2Cl)C1. The Morgan fingerprint density at radius 1 is 1.67 bits per heavy atom. The molecule has 2 heterocycles. The lowest BCUT2D eigenvalue weighted by atomic mass is 10.0. The van der Waals surface area contributed by atoms with Crippen molar-refractivity contribution < 1.29 is 4.74 Å². The molecule has 0 amide bonds. The van der Waals surface area contributed by atoms with Gasteiger partial charge in [-0.05, 0) is 24.6 Å². The predicted octanol–water partition coefficient (Wildman–Crippen LogP) is 1.33. The number of likely N-dealkylation sites (N-methyl/N-ethyl adjacent to an activating group) is 1. The van der Waals surface area contributed by atoms with Gasteiger partial charge >= 0.3 is 0 Å². The molecule has 1 fully saturated rings. The second kappa shape index (κ2) is 6.48. The van der Waals surface area contributed by atoms with Crippen molar-refractivity contribution in [3.05, 3.63) is 29.0 Å². The summed E-state index contributed by atoms with van der Waals surface area (Å²) < 4.78 is 5.76. The molecule has 5 heteroatoms. The number of nitrogens with two attached hydrogens (primary N) is 1. The van der Waals surface area contributed by atoms with E-state index in [4.69, 9.17) is 22.1 Å². The van der Waals surface area contributed by atoms with Gasteiger partial charge in [-0.25, -0.2) is 0 Å². The van der Waals surface area contributed by atoms with Crippen LogP contribution in [0, 0.1) is 0 Å². The molecule has 2 atom stereocenters. The lowest BCUT2D eigenvalue weighted by Crippen LogP contribution is -2.51. The summed E-state index contributed by atoms with van der Waals surface area (Å²) >= 11 is 6.09. The number of morpholine rings is 1. The van der Waals surface area contributed by atoms with Crippen molar-refractivity contribution in [3.63, 3.8) is 0 Å². The van der Waals surface area contributed by atoms with Crippen LogP contribution in [-0.4, -0.2) is 48.3 Å². The standard InChI is InChI=1S/C13H20ClN3O/c1-2-17-5-6-18-13(9-17)12(15)7-10-3-4-16-8-11(10)14/h3-4,8,12-13H,2,5-7,9,15H2,1H3. The molecular formula is C13H20ClN3O. The first kappa shape index (κ1) is 13.7. The first-order valence-electron chi connectivity index (χ1n) is 6.38. The van der Waals surface area contributed by atoms with Crippen LogP contribution in [0.3, 0.4) is 0 Å². The summed E-state index contributed by atoms with van der Waals surface area (Å²) in [5, 5.41) is 0.677. The quantitative estimate of drug-likeness (QED) is 0.896. The third-order valence-electron chi connectivity index (χ3n) is 3.41. The summed E-state index contributed by atoms with van der Waals surface area (Å²) in [5.74, 6) is 0. The molecule has 4 nitrogen and oxygen atoms in total. The van der Waals surface area contributed by atoms with E-state index in [0.717, 1.165) is 38.2 Å². The third-order valence-corrected chi connectivity index (χ3v) is 3.75. The van der Waals surface area contributed by atoms with Crippen LogP contribution in [0.2, 0.25) is 5.02 Å². The molecule has 2 N–H and O–H groups in total. The lowest BCUT2D eigenvalue weighted by molar-refractivity contribution is -0.0385. The summed E-state index contributed by atoms with van der Waals surface area (Å²) in [6.45, 7) is 5.86. The maximum atomic E-state index is 6.24. The molecule has 100 valence electrons. The minimum atomic E-state index is -0.0285. The third kappa shape index (κ3) is 3.42. The van der Waals surface area contributed by atoms with Crippen molar-refractivity contribution in [2.75, 3.05) is 26.2 Å². The van der Waals surface area contributed by atoms with Crippen LogP contribution in [0.25, 0.3) is 0 Å². The van der Waals surface area contributed by atoms with Gasteiger partial charge in [-0.3, -0.25) is 9.88 Å². The summed E-state index contributed by atoms with van der Waals surface area (Å²) in [5.41, 5.74) is 7.27. The average Bonchev–Trinajstić information content (AvgIpc) is 2.41. The number of pyridine rings is 1. The highest BCUT2D eigenvalue weighted by atomic mass is 35.5.